The fourth-order valence-corrected chi connectivity index (χ4v) is 2.27. The molecule has 1 aromatic carbocycles. The molecule has 0 aliphatic carbocycles. The first-order valence-corrected chi connectivity index (χ1v) is 7.46. The van der Waals surface area contributed by atoms with Crippen LogP contribution in [0, 0.1) is 6.92 Å². The zero-order valence-electron chi connectivity index (χ0n) is 12.0. The van der Waals surface area contributed by atoms with Gasteiger partial charge in [-0.15, -0.1) is 0 Å². The zero-order valence-corrected chi connectivity index (χ0v) is 13.6. The van der Waals surface area contributed by atoms with Gasteiger partial charge in [-0.3, -0.25) is 0 Å². The molecule has 0 amide bonds. The van der Waals surface area contributed by atoms with Crippen molar-refractivity contribution in [3.63, 3.8) is 0 Å². The van der Waals surface area contributed by atoms with Gasteiger partial charge >= 0.3 is 0 Å². The van der Waals surface area contributed by atoms with Gasteiger partial charge in [-0.25, -0.2) is 4.98 Å². The number of hydrogen-bond donors (Lipinski definition) is 1. The summed E-state index contributed by atoms with van der Waals surface area (Å²) in [5.41, 5.74) is 2.33. The molecule has 0 atom stereocenters. The highest BCUT2D eigenvalue weighted by Gasteiger charge is 2.04. The Morgan fingerprint density at radius 2 is 2.05 bits per heavy atom. The highest BCUT2D eigenvalue weighted by molar-refractivity contribution is 9.10. The number of nitrogens with zero attached hydrogens (tertiary/aromatic N) is 1. The molecule has 2 rings (SSSR count). The first kappa shape index (κ1) is 15.0. The van der Waals surface area contributed by atoms with Gasteiger partial charge in [0.1, 0.15) is 5.75 Å². The molecule has 3 nitrogen and oxygen atoms in total. The van der Waals surface area contributed by atoms with Gasteiger partial charge in [0.25, 0.3) is 0 Å². The van der Waals surface area contributed by atoms with Crippen LogP contribution in [0.15, 0.2) is 41.0 Å². The van der Waals surface area contributed by atoms with E-state index in [9.17, 15) is 0 Å². The molecule has 0 bridgehead atoms. The van der Waals surface area contributed by atoms with Crippen LogP contribution in [-0.2, 0) is 6.54 Å². The molecule has 20 heavy (non-hydrogen) atoms. The summed E-state index contributed by atoms with van der Waals surface area (Å²) in [5, 5.41) is 3.36. The summed E-state index contributed by atoms with van der Waals surface area (Å²) in [5.74, 6) is 1.37. The van der Waals surface area contributed by atoms with E-state index in [0.717, 1.165) is 22.3 Å². The Kier molecular flexibility index (Phi) is 5.15. The first-order valence-electron chi connectivity index (χ1n) is 6.67. The van der Waals surface area contributed by atoms with Crippen molar-refractivity contribution in [1.82, 2.24) is 10.3 Å². The van der Waals surface area contributed by atoms with E-state index in [4.69, 9.17) is 4.74 Å². The quantitative estimate of drug-likeness (QED) is 0.877. The number of aryl methyl sites for hydroxylation is 1. The minimum atomic E-state index is 0.467. The maximum atomic E-state index is 5.77. The van der Waals surface area contributed by atoms with Crippen molar-refractivity contribution in [3.05, 3.63) is 52.1 Å². The number of halogens is 1. The molecule has 0 spiro atoms. The molecule has 0 aliphatic rings. The lowest BCUT2D eigenvalue weighted by molar-refractivity contribution is 0.459. The molecule has 2 aromatic rings. The number of pyridine rings is 1. The van der Waals surface area contributed by atoms with E-state index >= 15 is 0 Å². The highest BCUT2D eigenvalue weighted by Crippen LogP contribution is 2.29. The average Bonchev–Trinajstić information content (AvgIpc) is 2.41. The Morgan fingerprint density at radius 1 is 1.25 bits per heavy atom. The van der Waals surface area contributed by atoms with E-state index in [1.54, 1.807) is 0 Å². The van der Waals surface area contributed by atoms with E-state index in [-0.39, 0.29) is 0 Å². The molecule has 0 fully saturated rings. The van der Waals surface area contributed by atoms with Crippen molar-refractivity contribution in [2.75, 3.05) is 0 Å². The Balaban J connectivity index is 2.03. The zero-order chi connectivity index (χ0) is 14.5. The van der Waals surface area contributed by atoms with Crippen LogP contribution in [0.4, 0.5) is 0 Å². The van der Waals surface area contributed by atoms with E-state index in [0.29, 0.717) is 11.9 Å². The third kappa shape index (κ3) is 4.32. The molecule has 1 N–H and O–H groups in total. The smallest absolute Gasteiger partial charge is 0.219 e. The molecular weight excluding hydrogens is 316 g/mol. The second kappa shape index (κ2) is 6.86. The fraction of sp³-hybridized carbons (Fsp3) is 0.312. The van der Waals surface area contributed by atoms with Gasteiger partial charge in [0.2, 0.25) is 5.88 Å². The molecule has 1 heterocycles. The fourth-order valence-electron chi connectivity index (χ4n) is 1.70. The summed E-state index contributed by atoms with van der Waals surface area (Å²) in [6.07, 6.45) is 1.84. The standard InChI is InChI=1S/C16H19BrN2O/c1-11(2)18-9-13-5-7-16(19-10-13)20-15-6-4-12(3)8-14(15)17/h4-8,10-11,18H,9H2,1-3H3. The molecule has 0 aliphatic heterocycles. The number of benzene rings is 1. The van der Waals surface area contributed by atoms with Crippen LogP contribution >= 0.6 is 15.9 Å². The van der Waals surface area contributed by atoms with Gasteiger partial charge in [-0.1, -0.05) is 26.0 Å². The summed E-state index contributed by atoms with van der Waals surface area (Å²) in [4.78, 5) is 4.33. The van der Waals surface area contributed by atoms with Crippen LogP contribution in [0.1, 0.15) is 25.0 Å². The van der Waals surface area contributed by atoms with Crippen LogP contribution in [0.2, 0.25) is 0 Å². The molecule has 1 aromatic heterocycles. The maximum Gasteiger partial charge on any atom is 0.219 e. The maximum absolute atomic E-state index is 5.77. The molecular formula is C16H19BrN2O. The topological polar surface area (TPSA) is 34.1 Å². The summed E-state index contributed by atoms with van der Waals surface area (Å²) in [6, 6.07) is 10.4. The average molecular weight is 335 g/mol. The Hall–Kier alpha value is -1.39. The Bertz CT molecular complexity index is 567. The normalized spacial score (nSPS) is 10.8. The largest absolute Gasteiger partial charge is 0.438 e. The molecule has 106 valence electrons. The monoisotopic (exact) mass is 334 g/mol. The molecule has 0 saturated heterocycles. The third-order valence-electron chi connectivity index (χ3n) is 2.81. The Labute approximate surface area is 128 Å². The lowest BCUT2D eigenvalue weighted by Gasteiger charge is -2.10. The SMILES string of the molecule is Cc1ccc(Oc2ccc(CNC(C)C)cn2)c(Br)c1. The van der Waals surface area contributed by atoms with Crippen LogP contribution in [0.25, 0.3) is 0 Å². The van der Waals surface area contributed by atoms with Crippen LogP contribution < -0.4 is 10.1 Å². The summed E-state index contributed by atoms with van der Waals surface area (Å²) >= 11 is 3.50. The highest BCUT2D eigenvalue weighted by atomic mass is 79.9. The minimum Gasteiger partial charge on any atom is -0.438 e. The Morgan fingerprint density at radius 3 is 2.65 bits per heavy atom. The molecule has 0 radical (unpaired) electrons. The van der Waals surface area contributed by atoms with Crippen molar-refractivity contribution in [1.29, 1.82) is 0 Å². The van der Waals surface area contributed by atoms with Gasteiger partial charge in [0, 0.05) is 24.8 Å². The summed E-state index contributed by atoms with van der Waals surface area (Å²) in [6.45, 7) is 7.11. The van der Waals surface area contributed by atoms with Crippen LogP contribution in [0.3, 0.4) is 0 Å². The first-order chi connectivity index (χ1) is 9.54. The summed E-state index contributed by atoms with van der Waals surface area (Å²) in [7, 11) is 0. The number of ether oxygens (including phenoxy) is 1. The van der Waals surface area contributed by atoms with E-state index in [1.807, 2.05) is 43.5 Å². The molecule has 4 heteroatoms. The van der Waals surface area contributed by atoms with Crippen molar-refractivity contribution in [2.24, 2.45) is 0 Å². The van der Waals surface area contributed by atoms with Crippen molar-refractivity contribution in [2.45, 2.75) is 33.4 Å². The summed E-state index contributed by atoms with van der Waals surface area (Å²) < 4.78 is 6.70. The third-order valence-corrected chi connectivity index (χ3v) is 3.43. The lowest BCUT2D eigenvalue weighted by atomic mass is 10.2. The predicted octanol–water partition coefficient (Wildman–Crippen LogP) is 4.44. The van der Waals surface area contributed by atoms with E-state index in [1.165, 1.54) is 5.56 Å². The van der Waals surface area contributed by atoms with Crippen LogP contribution in [-0.4, -0.2) is 11.0 Å². The van der Waals surface area contributed by atoms with Gasteiger partial charge in [-0.2, -0.15) is 0 Å². The van der Waals surface area contributed by atoms with Crippen molar-refractivity contribution >= 4 is 15.9 Å². The molecule has 0 unspecified atom stereocenters. The lowest BCUT2D eigenvalue weighted by Crippen LogP contribution is -2.21. The number of hydrogen-bond acceptors (Lipinski definition) is 3. The minimum absolute atomic E-state index is 0.467. The second-order valence-corrected chi connectivity index (χ2v) is 5.93. The van der Waals surface area contributed by atoms with E-state index in [2.05, 4.69) is 40.1 Å². The van der Waals surface area contributed by atoms with Gasteiger partial charge < -0.3 is 10.1 Å². The van der Waals surface area contributed by atoms with Crippen molar-refractivity contribution in [3.8, 4) is 11.6 Å². The number of rotatable bonds is 5. The second-order valence-electron chi connectivity index (χ2n) is 5.08. The van der Waals surface area contributed by atoms with E-state index < -0.39 is 0 Å². The number of nitrogens with one attached hydrogen (secondary N) is 1. The predicted molar refractivity (Wildman–Crippen MR) is 85.2 cm³/mol. The van der Waals surface area contributed by atoms with Gasteiger partial charge in [0.15, 0.2) is 0 Å². The van der Waals surface area contributed by atoms with Gasteiger partial charge in [0.05, 0.1) is 4.47 Å². The van der Waals surface area contributed by atoms with Gasteiger partial charge in [-0.05, 0) is 46.1 Å². The van der Waals surface area contributed by atoms with Crippen molar-refractivity contribution < 1.29 is 4.74 Å². The van der Waals surface area contributed by atoms with Crippen LogP contribution in [0.5, 0.6) is 11.6 Å². The number of aromatic nitrogens is 1. The molecule has 0 saturated carbocycles.